The van der Waals surface area contributed by atoms with Crippen LogP contribution in [0.25, 0.3) is 5.57 Å². The minimum atomic E-state index is -0.887. The zero-order chi connectivity index (χ0) is 22.4. The second-order valence-electron chi connectivity index (χ2n) is 7.30. The van der Waals surface area contributed by atoms with E-state index in [1.165, 1.54) is 6.08 Å². The van der Waals surface area contributed by atoms with Crippen LogP contribution in [0.1, 0.15) is 60.2 Å². The van der Waals surface area contributed by atoms with Gasteiger partial charge in [-0.3, -0.25) is 4.79 Å². The Labute approximate surface area is 184 Å². The SMILES string of the molecule is CC/C=C(/CCNC(=O)c1noc(CC2=C(F)C(F)=CCC2)n1)c1cc(Cl)ccc1C. The molecule has 0 atom stereocenters. The molecule has 1 amide bonds. The average Bonchev–Trinajstić information content (AvgIpc) is 3.21. The number of aromatic nitrogens is 2. The number of aryl methyl sites for hydroxylation is 1. The van der Waals surface area contributed by atoms with Gasteiger partial charge in [-0.2, -0.15) is 4.98 Å². The van der Waals surface area contributed by atoms with Crippen LogP contribution in [0.15, 0.2) is 52.1 Å². The summed E-state index contributed by atoms with van der Waals surface area (Å²) in [6.45, 7) is 4.43. The maximum atomic E-state index is 13.8. The zero-order valence-corrected chi connectivity index (χ0v) is 18.2. The largest absolute Gasteiger partial charge is 0.349 e. The number of halogens is 3. The molecule has 3 rings (SSSR count). The van der Waals surface area contributed by atoms with E-state index in [2.05, 4.69) is 21.5 Å². The highest BCUT2D eigenvalue weighted by atomic mass is 35.5. The standard InChI is InChI=1S/C23H24ClF2N3O2/c1-3-5-15(18-13-17(24)9-8-14(18)2)10-11-27-23(30)22-28-20(31-29-22)12-16-6-4-7-19(25)21(16)26/h5,7-9,13H,3-4,6,10-12H2,1-2H3,(H,27,30)/b15-5-. The molecule has 1 aliphatic rings. The minimum absolute atomic E-state index is 0.0230. The molecule has 0 fully saturated rings. The van der Waals surface area contributed by atoms with E-state index in [1.54, 1.807) is 0 Å². The molecule has 1 aromatic heterocycles. The van der Waals surface area contributed by atoms with Gasteiger partial charge in [-0.15, -0.1) is 0 Å². The molecule has 0 saturated carbocycles. The van der Waals surface area contributed by atoms with Crippen molar-refractivity contribution in [2.75, 3.05) is 6.54 Å². The van der Waals surface area contributed by atoms with E-state index in [0.717, 1.165) is 23.1 Å². The van der Waals surface area contributed by atoms with Crippen LogP contribution in [0.3, 0.4) is 0 Å². The van der Waals surface area contributed by atoms with Gasteiger partial charge in [0.2, 0.25) is 5.89 Å². The Morgan fingerprint density at radius 3 is 2.94 bits per heavy atom. The van der Waals surface area contributed by atoms with Crippen LogP contribution in [-0.4, -0.2) is 22.6 Å². The van der Waals surface area contributed by atoms with Crippen LogP contribution in [0.4, 0.5) is 8.78 Å². The number of rotatable bonds is 8. The van der Waals surface area contributed by atoms with Crippen molar-refractivity contribution in [2.45, 2.75) is 46.0 Å². The predicted molar refractivity (Wildman–Crippen MR) is 116 cm³/mol. The summed E-state index contributed by atoms with van der Waals surface area (Å²) in [5.74, 6) is -2.31. The van der Waals surface area contributed by atoms with Crippen LogP contribution in [0, 0.1) is 6.92 Å². The van der Waals surface area contributed by atoms with E-state index < -0.39 is 17.6 Å². The third-order valence-electron chi connectivity index (χ3n) is 5.00. The molecule has 1 N–H and O–H groups in total. The number of amides is 1. The number of carbonyl (C=O) groups is 1. The number of allylic oxidation sites excluding steroid dienone is 5. The Balaban J connectivity index is 1.60. The Morgan fingerprint density at radius 1 is 1.35 bits per heavy atom. The lowest BCUT2D eigenvalue weighted by atomic mass is 9.97. The second-order valence-corrected chi connectivity index (χ2v) is 7.74. The zero-order valence-electron chi connectivity index (χ0n) is 17.5. The number of nitrogens with zero attached hydrogens (tertiary/aromatic N) is 2. The highest BCUT2D eigenvalue weighted by Crippen LogP contribution is 2.29. The quantitative estimate of drug-likeness (QED) is 0.534. The van der Waals surface area contributed by atoms with Crippen molar-refractivity contribution in [1.29, 1.82) is 0 Å². The van der Waals surface area contributed by atoms with E-state index in [1.807, 2.05) is 32.0 Å². The first-order valence-corrected chi connectivity index (χ1v) is 10.6. The van der Waals surface area contributed by atoms with Gasteiger partial charge in [-0.05, 0) is 73.1 Å². The summed E-state index contributed by atoms with van der Waals surface area (Å²) < 4.78 is 32.3. The number of hydrogen-bond donors (Lipinski definition) is 1. The molecule has 0 spiro atoms. The number of carbonyl (C=O) groups excluding carboxylic acids is 1. The molecule has 1 aliphatic carbocycles. The normalized spacial score (nSPS) is 14.6. The van der Waals surface area contributed by atoms with Gasteiger partial charge in [-0.25, -0.2) is 8.78 Å². The van der Waals surface area contributed by atoms with Crippen LogP contribution < -0.4 is 5.32 Å². The molecule has 164 valence electrons. The first kappa shape index (κ1) is 22.9. The number of hydrogen-bond acceptors (Lipinski definition) is 4. The van der Waals surface area contributed by atoms with Crippen LogP contribution in [0.2, 0.25) is 5.02 Å². The molecule has 0 unspecified atom stereocenters. The van der Waals surface area contributed by atoms with E-state index in [4.69, 9.17) is 16.1 Å². The van der Waals surface area contributed by atoms with Gasteiger partial charge in [-0.1, -0.05) is 35.8 Å². The lowest BCUT2D eigenvalue weighted by Gasteiger charge is -2.12. The Bertz CT molecular complexity index is 1060. The molecule has 0 bridgehead atoms. The smallest absolute Gasteiger partial charge is 0.292 e. The highest BCUT2D eigenvalue weighted by Gasteiger charge is 2.20. The topological polar surface area (TPSA) is 68.0 Å². The summed E-state index contributed by atoms with van der Waals surface area (Å²) in [5, 5.41) is 7.09. The Morgan fingerprint density at radius 2 is 2.16 bits per heavy atom. The predicted octanol–water partition coefficient (Wildman–Crippen LogP) is 6.06. The van der Waals surface area contributed by atoms with E-state index in [-0.39, 0.29) is 23.7 Å². The van der Waals surface area contributed by atoms with Crippen molar-refractivity contribution >= 4 is 23.1 Å². The number of nitrogens with one attached hydrogen (secondary N) is 1. The second kappa shape index (κ2) is 10.5. The molecule has 0 radical (unpaired) electrons. The molecule has 0 aliphatic heterocycles. The van der Waals surface area contributed by atoms with Gasteiger partial charge in [0.25, 0.3) is 11.7 Å². The van der Waals surface area contributed by atoms with Crippen molar-refractivity contribution in [3.8, 4) is 0 Å². The summed E-state index contributed by atoms with van der Waals surface area (Å²) in [5.41, 5.74) is 3.50. The molecule has 1 aromatic carbocycles. The molecular formula is C23H24ClF2N3O2. The lowest BCUT2D eigenvalue weighted by Crippen LogP contribution is -2.25. The van der Waals surface area contributed by atoms with Crippen molar-refractivity contribution in [3.05, 3.63) is 75.4 Å². The molecule has 0 saturated heterocycles. The van der Waals surface area contributed by atoms with Gasteiger partial charge >= 0.3 is 0 Å². The third-order valence-corrected chi connectivity index (χ3v) is 5.24. The fourth-order valence-corrected chi connectivity index (χ4v) is 3.60. The molecule has 5 nitrogen and oxygen atoms in total. The van der Waals surface area contributed by atoms with Crippen LogP contribution in [0.5, 0.6) is 0 Å². The summed E-state index contributed by atoms with van der Waals surface area (Å²) >= 11 is 6.14. The van der Waals surface area contributed by atoms with Gasteiger partial charge < -0.3 is 9.84 Å². The lowest BCUT2D eigenvalue weighted by molar-refractivity contribution is 0.0941. The molecule has 2 aromatic rings. The molecule has 31 heavy (non-hydrogen) atoms. The first-order valence-electron chi connectivity index (χ1n) is 10.2. The fraction of sp³-hybridized carbons (Fsp3) is 0.348. The highest BCUT2D eigenvalue weighted by molar-refractivity contribution is 6.30. The third kappa shape index (κ3) is 5.88. The van der Waals surface area contributed by atoms with Crippen molar-refractivity contribution in [2.24, 2.45) is 0 Å². The molecule has 1 heterocycles. The van der Waals surface area contributed by atoms with E-state index in [0.29, 0.717) is 30.8 Å². The summed E-state index contributed by atoms with van der Waals surface area (Å²) in [4.78, 5) is 16.4. The molecule has 8 heteroatoms. The van der Waals surface area contributed by atoms with E-state index >= 15 is 0 Å². The molecular weight excluding hydrogens is 424 g/mol. The van der Waals surface area contributed by atoms with Gasteiger partial charge in [0, 0.05) is 11.6 Å². The fourth-order valence-electron chi connectivity index (χ4n) is 3.43. The van der Waals surface area contributed by atoms with Crippen molar-refractivity contribution in [1.82, 2.24) is 15.5 Å². The van der Waals surface area contributed by atoms with Crippen LogP contribution >= 0.6 is 11.6 Å². The van der Waals surface area contributed by atoms with Crippen LogP contribution in [-0.2, 0) is 6.42 Å². The Hall–Kier alpha value is -2.80. The van der Waals surface area contributed by atoms with Crippen molar-refractivity contribution in [3.63, 3.8) is 0 Å². The van der Waals surface area contributed by atoms with Gasteiger partial charge in [0.05, 0.1) is 6.42 Å². The Kier molecular flexibility index (Phi) is 7.74. The van der Waals surface area contributed by atoms with Gasteiger partial charge in [0.15, 0.2) is 11.7 Å². The van der Waals surface area contributed by atoms with Gasteiger partial charge in [0.1, 0.15) is 0 Å². The minimum Gasteiger partial charge on any atom is -0.349 e. The number of benzene rings is 1. The monoisotopic (exact) mass is 447 g/mol. The summed E-state index contributed by atoms with van der Waals surface area (Å²) in [6, 6.07) is 5.73. The summed E-state index contributed by atoms with van der Waals surface area (Å²) in [7, 11) is 0. The maximum absolute atomic E-state index is 13.8. The summed E-state index contributed by atoms with van der Waals surface area (Å²) in [6.07, 6.45) is 5.54. The first-order chi connectivity index (χ1) is 14.9. The van der Waals surface area contributed by atoms with Crippen molar-refractivity contribution < 1.29 is 18.1 Å². The maximum Gasteiger partial charge on any atom is 0.292 e. The average molecular weight is 448 g/mol. The van der Waals surface area contributed by atoms with E-state index in [9.17, 15) is 13.6 Å².